The molecule has 18 heteroatoms. The number of anilines is 2. The maximum absolute atomic E-state index is 14.0. The van der Waals surface area contributed by atoms with E-state index in [1.165, 1.54) is 4.90 Å². The SMILES string of the molecule is COc1cc(N2CCN(C(=O)CCCCCC(=O)N[C@H](C(=O)N3C[C@H](O)C[C@H]3C(=O)NCc3ccc(-c4scnc4C)cc3)C(C)(C)C)CC2)ccc1NC(=O)c1cccc(-c2ccn[nH]2)n1. The number of piperazine rings is 1. The lowest BCUT2D eigenvalue weighted by molar-refractivity contribution is -0.144. The number of nitrogens with zero attached hydrogens (tertiary/aromatic N) is 6. The summed E-state index contributed by atoms with van der Waals surface area (Å²) in [6.07, 6.45) is 3.25. The highest BCUT2D eigenvalue weighted by Crippen LogP contribution is 2.32. The summed E-state index contributed by atoms with van der Waals surface area (Å²) >= 11 is 1.57. The minimum atomic E-state index is -0.914. The van der Waals surface area contributed by atoms with Crippen molar-refractivity contribution in [3.05, 3.63) is 95.4 Å². The van der Waals surface area contributed by atoms with Crippen molar-refractivity contribution in [3.63, 3.8) is 0 Å². The topological polar surface area (TPSA) is 215 Å². The minimum Gasteiger partial charge on any atom is -0.494 e. The van der Waals surface area contributed by atoms with E-state index in [2.05, 4.69) is 41.0 Å². The average molecular weight is 933 g/mol. The number of aryl methyl sites for hydroxylation is 1. The molecule has 354 valence electrons. The van der Waals surface area contributed by atoms with Crippen LogP contribution in [-0.2, 0) is 25.7 Å². The molecule has 5 heterocycles. The van der Waals surface area contributed by atoms with E-state index in [9.17, 15) is 29.1 Å². The maximum Gasteiger partial charge on any atom is 0.274 e. The number of likely N-dealkylation sites (tertiary alicyclic amines) is 1. The molecule has 0 bridgehead atoms. The van der Waals surface area contributed by atoms with E-state index in [0.717, 1.165) is 27.4 Å². The van der Waals surface area contributed by atoms with E-state index < -0.39 is 29.5 Å². The van der Waals surface area contributed by atoms with Gasteiger partial charge < -0.3 is 40.5 Å². The van der Waals surface area contributed by atoms with Gasteiger partial charge in [-0.25, -0.2) is 9.97 Å². The Kier molecular flexibility index (Phi) is 15.7. The maximum atomic E-state index is 14.0. The molecule has 2 fully saturated rings. The first-order valence-electron chi connectivity index (χ1n) is 22.7. The number of H-pyrrole nitrogens is 1. The number of hydrogen-bond acceptors (Lipinski definition) is 12. The van der Waals surface area contributed by atoms with Crippen molar-refractivity contribution in [2.45, 2.75) is 91.0 Å². The number of rotatable bonds is 17. The Bertz CT molecular complexity index is 2520. The molecule has 0 unspecified atom stereocenters. The van der Waals surface area contributed by atoms with Gasteiger partial charge in [0.1, 0.15) is 23.5 Å². The van der Waals surface area contributed by atoms with Crippen LogP contribution in [0.1, 0.15) is 81.0 Å². The van der Waals surface area contributed by atoms with Gasteiger partial charge in [0.2, 0.25) is 23.6 Å². The van der Waals surface area contributed by atoms with Crippen molar-refractivity contribution in [1.82, 2.24) is 40.6 Å². The standard InChI is InChI=1S/C49H60N10O7S/c1-31-44(67-30-51-31)33-16-14-32(15-17-33)28-50-47(64)40-27-35(60)29-59(40)48(65)45(49(2,3)4)55-42(61)12-7-6-8-13-43(62)58-24-22-57(23-25-58)34-18-19-38(41(26-34)66-5)54-46(63)39-11-9-10-36(53-39)37-20-21-52-56-37/h9-11,14-21,26,30,35,40,45,60H,6-8,12-13,22-25,27-29H2,1-5H3,(H,50,64)(H,52,56)(H,54,63)(H,55,61)/t35-,40+,45-/m1/s1. The number of nitrogens with one attached hydrogen (secondary N) is 4. The van der Waals surface area contributed by atoms with Gasteiger partial charge in [-0.1, -0.05) is 57.5 Å². The van der Waals surface area contributed by atoms with Gasteiger partial charge in [-0.05, 0) is 66.6 Å². The monoisotopic (exact) mass is 932 g/mol. The fraction of sp³-hybridized carbons (Fsp3) is 0.429. The molecule has 5 aromatic rings. The van der Waals surface area contributed by atoms with Gasteiger partial charge in [0.05, 0.1) is 46.4 Å². The van der Waals surface area contributed by atoms with Gasteiger partial charge >= 0.3 is 0 Å². The summed E-state index contributed by atoms with van der Waals surface area (Å²) in [5.74, 6) is -0.863. The predicted octanol–water partition coefficient (Wildman–Crippen LogP) is 5.57. The number of aliphatic hydroxyl groups is 1. The van der Waals surface area contributed by atoms with Gasteiger partial charge in [-0.15, -0.1) is 11.3 Å². The van der Waals surface area contributed by atoms with Gasteiger partial charge in [0, 0.05) is 76.5 Å². The fourth-order valence-electron chi connectivity index (χ4n) is 8.40. The number of aromatic nitrogens is 4. The van der Waals surface area contributed by atoms with Crippen LogP contribution in [0.25, 0.3) is 21.8 Å². The highest BCUT2D eigenvalue weighted by atomic mass is 32.1. The number of ether oxygens (including phenoxy) is 1. The van der Waals surface area contributed by atoms with Crippen LogP contribution in [0, 0.1) is 12.3 Å². The Morgan fingerprint density at radius 1 is 0.955 bits per heavy atom. The summed E-state index contributed by atoms with van der Waals surface area (Å²) in [6, 6.07) is 18.7. The molecular weight excluding hydrogens is 873 g/mol. The first kappa shape index (κ1) is 48.3. The van der Waals surface area contributed by atoms with Gasteiger partial charge in [0.25, 0.3) is 5.91 Å². The summed E-state index contributed by atoms with van der Waals surface area (Å²) < 4.78 is 5.64. The quantitative estimate of drug-likeness (QED) is 0.0727. The first-order chi connectivity index (χ1) is 32.2. The van der Waals surface area contributed by atoms with E-state index in [-0.39, 0.29) is 55.3 Å². The predicted molar refractivity (Wildman–Crippen MR) is 256 cm³/mol. The molecule has 5 N–H and O–H groups in total. The van der Waals surface area contributed by atoms with Crippen LogP contribution in [0.15, 0.2) is 78.4 Å². The lowest BCUT2D eigenvalue weighted by atomic mass is 9.85. The van der Waals surface area contributed by atoms with E-state index >= 15 is 0 Å². The van der Waals surface area contributed by atoms with Crippen molar-refractivity contribution in [2.24, 2.45) is 5.41 Å². The number of carbonyl (C=O) groups is 5. The van der Waals surface area contributed by atoms with Crippen LogP contribution in [0.4, 0.5) is 11.4 Å². The zero-order valence-corrected chi connectivity index (χ0v) is 39.5. The third kappa shape index (κ3) is 12.2. The summed E-state index contributed by atoms with van der Waals surface area (Å²) in [6.45, 7) is 10.2. The highest BCUT2D eigenvalue weighted by Gasteiger charge is 2.44. The number of amides is 5. The first-order valence-corrected chi connectivity index (χ1v) is 23.6. The molecule has 5 amide bonds. The van der Waals surface area contributed by atoms with Crippen molar-refractivity contribution in [1.29, 1.82) is 0 Å². The Hall–Kier alpha value is -6.66. The van der Waals surface area contributed by atoms with E-state index in [4.69, 9.17) is 4.74 Å². The molecule has 0 radical (unpaired) electrons. The number of carbonyl (C=O) groups excluding carboxylic acids is 5. The second kappa shape index (κ2) is 21.8. The average Bonchev–Trinajstić information content (AvgIpc) is 4.12. The zero-order chi connectivity index (χ0) is 47.7. The van der Waals surface area contributed by atoms with Crippen LogP contribution in [0.5, 0.6) is 5.75 Å². The van der Waals surface area contributed by atoms with Gasteiger partial charge in [-0.2, -0.15) is 5.10 Å². The number of pyridine rings is 1. The molecule has 0 saturated carbocycles. The second-order valence-electron chi connectivity index (χ2n) is 18.1. The number of thiazole rings is 1. The zero-order valence-electron chi connectivity index (χ0n) is 38.7. The lowest BCUT2D eigenvalue weighted by Gasteiger charge is -2.36. The number of methoxy groups -OCH3 is 1. The molecule has 17 nitrogen and oxygen atoms in total. The Morgan fingerprint density at radius 2 is 1.72 bits per heavy atom. The molecule has 3 atom stereocenters. The van der Waals surface area contributed by atoms with Gasteiger partial charge in [-0.3, -0.25) is 29.1 Å². The van der Waals surface area contributed by atoms with Crippen LogP contribution in [-0.4, -0.2) is 123 Å². The van der Waals surface area contributed by atoms with Gasteiger partial charge in [0.15, 0.2) is 0 Å². The van der Waals surface area contributed by atoms with Crippen LogP contribution >= 0.6 is 11.3 Å². The highest BCUT2D eigenvalue weighted by molar-refractivity contribution is 7.13. The number of aromatic amines is 1. The summed E-state index contributed by atoms with van der Waals surface area (Å²) in [5.41, 5.74) is 7.03. The normalized spacial score (nSPS) is 16.7. The molecule has 2 saturated heterocycles. The number of benzene rings is 2. The van der Waals surface area contributed by atoms with Crippen LogP contribution < -0.4 is 25.6 Å². The molecule has 0 aliphatic carbocycles. The van der Waals surface area contributed by atoms with Crippen LogP contribution in [0.3, 0.4) is 0 Å². The number of unbranched alkanes of at least 4 members (excludes halogenated alkanes) is 2. The lowest BCUT2D eigenvalue weighted by Crippen LogP contribution is -2.57. The van der Waals surface area contributed by atoms with E-state index in [1.54, 1.807) is 55.0 Å². The molecule has 2 aliphatic heterocycles. The third-order valence-corrected chi connectivity index (χ3v) is 13.2. The van der Waals surface area contributed by atoms with Crippen LogP contribution in [0.2, 0.25) is 0 Å². The van der Waals surface area contributed by atoms with Crippen molar-refractivity contribution < 1.29 is 33.8 Å². The minimum absolute atomic E-state index is 0.00244. The summed E-state index contributed by atoms with van der Waals surface area (Å²) in [7, 11) is 1.55. The molecule has 0 spiro atoms. The Morgan fingerprint density at radius 3 is 2.40 bits per heavy atom. The third-order valence-electron chi connectivity index (χ3n) is 12.2. The smallest absolute Gasteiger partial charge is 0.274 e. The molecule has 67 heavy (non-hydrogen) atoms. The number of β-amino-alcohol motifs (C(OH)–C–C–N with tert-alkyl or cyclic N) is 1. The Balaban J connectivity index is 0.823. The largest absolute Gasteiger partial charge is 0.494 e. The fourth-order valence-corrected chi connectivity index (χ4v) is 9.21. The molecular formula is C49H60N10O7S. The van der Waals surface area contributed by atoms with Crippen molar-refractivity contribution in [3.8, 4) is 27.6 Å². The van der Waals surface area contributed by atoms with Crippen molar-refractivity contribution in [2.75, 3.05) is 50.1 Å². The van der Waals surface area contributed by atoms with Crippen molar-refractivity contribution >= 4 is 52.2 Å². The molecule has 2 aliphatic rings. The molecule has 3 aromatic heterocycles. The number of hydrogen-bond donors (Lipinski definition) is 5. The molecule has 2 aromatic carbocycles. The number of aliphatic hydroxyl groups excluding tert-OH is 1. The second-order valence-corrected chi connectivity index (χ2v) is 18.9. The summed E-state index contributed by atoms with van der Waals surface area (Å²) in [4.78, 5) is 82.4. The summed E-state index contributed by atoms with van der Waals surface area (Å²) in [5, 5.41) is 26.2. The van der Waals surface area contributed by atoms with E-state index in [0.29, 0.717) is 74.7 Å². The molecule has 7 rings (SSSR count). The van der Waals surface area contributed by atoms with E-state index in [1.807, 2.05) is 74.5 Å². The Labute approximate surface area is 394 Å².